The van der Waals surface area contributed by atoms with Crippen LogP contribution in [-0.4, -0.2) is 79.0 Å². The molecule has 56 valence electrons. The van der Waals surface area contributed by atoms with Crippen LogP contribution in [0.2, 0.25) is 0 Å². The van der Waals surface area contributed by atoms with Gasteiger partial charge in [-0.2, -0.15) is 0 Å². The minimum atomic E-state index is 0. The van der Waals surface area contributed by atoms with E-state index in [2.05, 4.69) is 4.90 Å². The average molecular weight is 155 g/mol. The maximum absolute atomic E-state index is 8.54. The Balaban J connectivity index is 0.000000810. The van der Waals surface area contributed by atoms with E-state index in [1.807, 2.05) is 0 Å². The molecule has 0 bridgehead atoms. The normalized spacial score (nSPS) is 20.1. The summed E-state index contributed by atoms with van der Waals surface area (Å²) in [5.74, 6) is 0. The molecule has 1 rings (SSSR count). The first kappa shape index (κ1) is 10.9. The summed E-state index contributed by atoms with van der Waals surface area (Å²) in [5, 5.41) is 8.54. The number of hydrogen-bond acceptors (Lipinski definition) is 3. The third kappa shape index (κ3) is 3.91. The van der Waals surface area contributed by atoms with Crippen molar-refractivity contribution in [1.29, 1.82) is 0 Å². The predicted molar refractivity (Wildman–Crippen MR) is 41.5 cm³/mol. The summed E-state index contributed by atoms with van der Waals surface area (Å²) in [6, 6.07) is 0. The molecule has 1 fully saturated rings. The average Bonchev–Trinajstić information content (AvgIpc) is 1.91. The Morgan fingerprint density at radius 2 is 1.90 bits per heavy atom. The van der Waals surface area contributed by atoms with Crippen LogP contribution in [0.15, 0.2) is 0 Å². The second kappa shape index (κ2) is 6.58. The van der Waals surface area contributed by atoms with Gasteiger partial charge >= 0.3 is 29.6 Å². The van der Waals surface area contributed by atoms with E-state index >= 15 is 0 Å². The van der Waals surface area contributed by atoms with Gasteiger partial charge in [0.15, 0.2) is 0 Å². The molecule has 0 saturated carbocycles. The van der Waals surface area contributed by atoms with Crippen molar-refractivity contribution in [3.05, 3.63) is 0 Å². The van der Waals surface area contributed by atoms with Crippen LogP contribution in [0.1, 0.15) is 0 Å². The van der Waals surface area contributed by atoms with Crippen molar-refractivity contribution in [2.75, 3.05) is 39.5 Å². The molecule has 1 heterocycles. The predicted octanol–water partition coefficient (Wildman–Crippen LogP) is -1.34. The third-order valence-electron chi connectivity index (χ3n) is 1.52. The van der Waals surface area contributed by atoms with Gasteiger partial charge in [-0.1, -0.05) is 0 Å². The molecule has 0 unspecified atom stereocenters. The van der Waals surface area contributed by atoms with Crippen molar-refractivity contribution in [3.8, 4) is 0 Å². The van der Waals surface area contributed by atoms with Gasteiger partial charge in [-0.25, -0.2) is 0 Å². The molecule has 4 heteroatoms. The van der Waals surface area contributed by atoms with E-state index in [1.165, 1.54) is 0 Å². The Morgan fingerprint density at radius 3 is 2.40 bits per heavy atom. The maximum atomic E-state index is 8.54. The molecular weight excluding hydrogens is 141 g/mol. The Labute approximate surface area is 83.6 Å². The van der Waals surface area contributed by atoms with Gasteiger partial charge in [-0.15, -0.1) is 0 Å². The number of hydrogen-bond donors (Lipinski definition) is 1. The van der Waals surface area contributed by atoms with Gasteiger partial charge in [0.1, 0.15) is 0 Å². The molecule has 0 aromatic carbocycles. The molecule has 0 radical (unpaired) electrons. The molecule has 1 saturated heterocycles. The van der Waals surface area contributed by atoms with E-state index in [1.54, 1.807) is 0 Å². The standard InChI is InChI=1S/C6H13NO2.Na.H/c8-4-1-7-2-5-9-6-3-7;;/h8H,1-6H2;;. The van der Waals surface area contributed by atoms with Crippen molar-refractivity contribution in [3.63, 3.8) is 0 Å². The molecule has 0 spiro atoms. The van der Waals surface area contributed by atoms with E-state index in [-0.39, 0.29) is 36.2 Å². The SMILES string of the molecule is OCCN1CCOCC1.[NaH]. The summed E-state index contributed by atoms with van der Waals surface area (Å²) in [5.41, 5.74) is 0. The fourth-order valence-corrected chi connectivity index (χ4v) is 0.966. The van der Waals surface area contributed by atoms with E-state index in [9.17, 15) is 0 Å². The second-order valence-corrected chi connectivity index (χ2v) is 2.18. The van der Waals surface area contributed by atoms with Gasteiger partial charge in [0, 0.05) is 19.6 Å². The summed E-state index contributed by atoms with van der Waals surface area (Å²) in [6.07, 6.45) is 0. The molecule has 10 heavy (non-hydrogen) atoms. The first-order chi connectivity index (χ1) is 4.43. The fraction of sp³-hybridized carbons (Fsp3) is 1.00. The molecule has 0 atom stereocenters. The Kier molecular flexibility index (Phi) is 7.16. The first-order valence-corrected chi connectivity index (χ1v) is 3.34. The van der Waals surface area contributed by atoms with Crippen molar-refractivity contribution >= 4 is 29.6 Å². The molecule has 0 aromatic rings. The van der Waals surface area contributed by atoms with Crippen LogP contribution in [0, 0.1) is 0 Å². The van der Waals surface area contributed by atoms with E-state index in [0.29, 0.717) is 0 Å². The number of β-amino-alcohol motifs (C(OH)–C–C–N with tert-alkyl or cyclic N) is 1. The molecule has 1 N–H and O–H groups in total. The molecule has 0 aromatic heterocycles. The number of rotatable bonds is 2. The summed E-state index contributed by atoms with van der Waals surface area (Å²) in [6.45, 7) is 4.64. The van der Waals surface area contributed by atoms with Crippen LogP contribution in [0.3, 0.4) is 0 Å². The second-order valence-electron chi connectivity index (χ2n) is 2.18. The third-order valence-corrected chi connectivity index (χ3v) is 1.52. The summed E-state index contributed by atoms with van der Waals surface area (Å²) in [7, 11) is 0. The molecule has 0 aliphatic carbocycles. The van der Waals surface area contributed by atoms with Crippen LogP contribution in [0.4, 0.5) is 0 Å². The van der Waals surface area contributed by atoms with E-state index in [4.69, 9.17) is 9.84 Å². The number of aliphatic hydroxyl groups excluding tert-OH is 1. The van der Waals surface area contributed by atoms with Crippen molar-refractivity contribution < 1.29 is 9.84 Å². The number of aliphatic hydroxyl groups is 1. The van der Waals surface area contributed by atoms with Gasteiger partial charge in [0.25, 0.3) is 0 Å². The fourth-order valence-electron chi connectivity index (χ4n) is 0.966. The first-order valence-electron chi connectivity index (χ1n) is 3.34. The zero-order valence-corrected chi connectivity index (χ0v) is 5.55. The Bertz CT molecular complexity index is 73.4. The van der Waals surface area contributed by atoms with Gasteiger partial charge in [0.05, 0.1) is 19.8 Å². The van der Waals surface area contributed by atoms with E-state index < -0.39 is 0 Å². The molecule has 3 nitrogen and oxygen atoms in total. The van der Waals surface area contributed by atoms with Crippen LogP contribution in [0.5, 0.6) is 0 Å². The molecule has 0 amide bonds. The quantitative estimate of drug-likeness (QED) is 0.501. The molecule has 1 aliphatic heterocycles. The zero-order valence-electron chi connectivity index (χ0n) is 5.55. The van der Waals surface area contributed by atoms with Crippen molar-refractivity contribution in [1.82, 2.24) is 4.90 Å². The number of nitrogens with zero attached hydrogens (tertiary/aromatic N) is 1. The number of morpholine rings is 1. The summed E-state index contributed by atoms with van der Waals surface area (Å²) >= 11 is 0. The summed E-state index contributed by atoms with van der Waals surface area (Å²) < 4.78 is 5.12. The van der Waals surface area contributed by atoms with Gasteiger partial charge in [-0.3, -0.25) is 4.90 Å². The zero-order chi connectivity index (χ0) is 6.53. The molecular formula is C6H14NNaO2. The van der Waals surface area contributed by atoms with Crippen molar-refractivity contribution in [2.24, 2.45) is 0 Å². The van der Waals surface area contributed by atoms with Crippen LogP contribution < -0.4 is 0 Å². The Morgan fingerprint density at radius 1 is 1.30 bits per heavy atom. The van der Waals surface area contributed by atoms with Crippen LogP contribution >= 0.6 is 0 Å². The van der Waals surface area contributed by atoms with Gasteiger partial charge in [-0.05, 0) is 0 Å². The van der Waals surface area contributed by atoms with Crippen molar-refractivity contribution in [2.45, 2.75) is 0 Å². The molecule has 1 aliphatic rings. The van der Waals surface area contributed by atoms with E-state index in [0.717, 1.165) is 32.8 Å². The van der Waals surface area contributed by atoms with Crippen LogP contribution in [-0.2, 0) is 4.74 Å². The topological polar surface area (TPSA) is 32.7 Å². The number of ether oxygens (including phenoxy) is 1. The Hall–Kier alpha value is 0.880. The van der Waals surface area contributed by atoms with Gasteiger partial charge < -0.3 is 9.84 Å². The minimum absolute atomic E-state index is 0. The summed E-state index contributed by atoms with van der Waals surface area (Å²) in [4.78, 5) is 2.20. The monoisotopic (exact) mass is 155 g/mol. The van der Waals surface area contributed by atoms with Crippen LogP contribution in [0.25, 0.3) is 0 Å². The van der Waals surface area contributed by atoms with Gasteiger partial charge in [0.2, 0.25) is 0 Å².